The molecule has 1 aromatic heterocycles. The molecule has 1 saturated heterocycles. The van der Waals surface area contributed by atoms with Gasteiger partial charge in [0.2, 0.25) is 0 Å². The quantitative estimate of drug-likeness (QED) is 0.716. The molecule has 0 unspecified atom stereocenters. The van der Waals surface area contributed by atoms with Gasteiger partial charge in [0.15, 0.2) is 0 Å². The summed E-state index contributed by atoms with van der Waals surface area (Å²) in [6, 6.07) is 21.8. The van der Waals surface area contributed by atoms with Crippen molar-refractivity contribution in [3.05, 3.63) is 84.2 Å². The molecule has 132 valence electrons. The molecule has 1 aliphatic heterocycles. The normalized spacial score (nSPS) is 16.5. The third-order valence-electron chi connectivity index (χ3n) is 4.91. The number of benzene rings is 2. The lowest BCUT2D eigenvalue weighted by atomic mass is 10.0. The van der Waals surface area contributed by atoms with Gasteiger partial charge in [-0.15, -0.1) is 0 Å². The topological polar surface area (TPSA) is 34.1 Å². The number of hydrogen-bond donors (Lipinski definition) is 1. The maximum Gasteiger partial charge on any atom is 0.119 e. The number of pyridine rings is 1. The summed E-state index contributed by atoms with van der Waals surface area (Å²) in [4.78, 5) is 4.07. The molecule has 0 saturated carbocycles. The van der Waals surface area contributed by atoms with Gasteiger partial charge < -0.3 is 10.1 Å². The Labute approximate surface area is 155 Å². The average Bonchev–Trinajstić information content (AvgIpc) is 3.22. The Morgan fingerprint density at radius 2 is 1.50 bits per heavy atom. The highest BCUT2D eigenvalue weighted by Crippen LogP contribution is 2.21. The zero-order valence-electron chi connectivity index (χ0n) is 14.9. The summed E-state index contributed by atoms with van der Waals surface area (Å²) in [7, 11) is 0. The van der Waals surface area contributed by atoms with Gasteiger partial charge in [0.1, 0.15) is 12.4 Å². The highest BCUT2D eigenvalue weighted by atomic mass is 16.5. The summed E-state index contributed by atoms with van der Waals surface area (Å²) in [5.41, 5.74) is 5.03. The van der Waals surface area contributed by atoms with Gasteiger partial charge in [-0.2, -0.15) is 0 Å². The van der Waals surface area contributed by atoms with Crippen LogP contribution in [0.2, 0.25) is 0 Å². The standard InChI is InChI=1S/C23H24N2O/c1-2-22(25-13-1)17-26-23-9-5-19(6-10-23)16-18-3-7-20(8-4-18)21-11-14-24-15-12-21/h3-12,14-15,22,25H,1-2,13,16-17H2/t22-/m1/s1. The van der Waals surface area contributed by atoms with Crippen LogP contribution in [0.3, 0.4) is 0 Å². The lowest BCUT2D eigenvalue weighted by Crippen LogP contribution is -2.28. The molecule has 0 spiro atoms. The van der Waals surface area contributed by atoms with Crippen molar-refractivity contribution >= 4 is 0 Å². The fourth-order valence-corrected chi connectivity index (χ4v) is 3.39. The van der Waals surface area contributed by atoms with Gasteiger partial charge in [0.25, 0.3) is 0 Å². The first-order valence-electron chi connectivity index (χ1n) is 9.31. The first kappa shape index (κ1) is 16.8. The predicted molar refractivity (Wildman–Crippen MR) is 105 cm³/mol. The van der Waals surface area contributed by atoms with Crippen LogP contribution in [0.4, 0.5) is 0 Å². The van der Waals surface area contributed by atoms with E-state index in [0.29, 0.717) is 6.04 Å². The fourth-order valence-electron chi connectivity index (χ4n) is 3.39. The van der Waals surface area contributed by atoms with Gasteiger partial charge in [-0.1, -0.05) is 36.4 Å². The second kappa shape index (κ2) is 8.15. The minimum absolute atomic E-state index is 0.508. The van der Waals surface area contributed by atoms with E-state index in [1.165, 1.54) is 35.1 Å². The smallest absolute Gasteiger partial charge is 0.119 e. The number of nitrogens with one attached hydrogen (secondary N) is 1. The molecular weight excluding hydrogens is 320 g/mol. The predicted octanol–water partition coefficient (Wildman–Crippen LogP) is 4.47. The molecule has 0 radical (unpaired) electrons. The Morgan fingerprint density at radius 1 is 0.846 bits per heavy atom. The molecule has 1 aliphatic rings. The number of nitrogens with zero attached hydrogens (tertiary/aromatic N) is 1. The Balaban J connectivity index is 1.35. The molecule has 1 atom stereocenters. The summed E-state index contributed by atoms with van der Waals surface area (Å²) in [5.74, 6) is 0.954. The van der Waals surface area contributed by atoms with Crippen LogP contribution in [0.5, 0.6) is 5.75 Å². The summed E-state index contributed by atoms with van der Waals surface area (Å²) >= 11 is 0. The van der Waals surface area contributed by atoms with Crippen LogP contribution in [0.1, 0.15) is 24.0 Å². The lowest BCUT2D eigenvalue weighted by molar-refractivity contribution is 0.277. The van der Waals surface area contributed by atoms with E-state index in [2.05, 4.69) is 58.8 Å². The third-order valence-corrected chi connectivity index (χ3v) is 4.91. The largest absolute Gasteiger partial charge is 0.492 e. The Morgan fingerprint density at radius 3 is 2.15 bits per heavy atom. The van der Waals surface area contributed by atoms with Crippen molar-refractivity contribution in [3.8, 4) is 16.9 Å². The summed E-state index contributed by atoms with van der Waals surface area (Å²) in [6.45, 7) is 1.88. The van der Waals surface area contributed by atoms with Gasteiger partial charge in [0.05, 0.1) is 0 Å². The molecule has 2 aromatic carbocycles. The number of rotatable bonds is 6. The molecule has 3 nitrogen and oxygen atoms in total. The van der Waals surface area contributed by atoms with Crippen LogP contribution in [-0.4, -0.2) is 24.2 Å². The van der Waals surface area contributed by atoms with Crippen LogP contribution in [0, 0.1) is 0 Å². The summed E-state index contributed by atoms with van der Waals surface area (Å²) in [5, 5.41) is 3.46. The molecule has 0 aliphatic carbocycles. The first-order valence-corrected chi connectivity index (χ1v) is 9.31. The molecule has 26 heavy (non-hydrogen) atoms. The van der Waals surface area contributed by atoms with Crippen LogP contribution >= 0.6 is 0 Å². The maximum absolute atomic E-state index is 5.89. The van der Waals surface area contributed by atoms with Crippen molar-refractivity contribution in [2.75, 3.05) is 13.2 Å². The Hall–Kier alpha value is -2.65. The van der Waals surface area contributed by atoms with Gasteiger partial charge in [0, 0.05) is 18.4 Å². The highest BCUT2D eigenvalue weighted by Gasteiger charge is 2.14. The van der Waals surface area contributed by atoms with E-state index in [1.807, 2.05) is 24.5 Å². The van der Waals surface area contributed by atoms with Crippen LogP contribution < -0.4 is 10.1 Å². The molecule has 1 N–H and O–H groups in total. The second-order valence-corrected chi connectivity index (χ2v) is 6.86. The van der Waals surface area contributed by atoms with E-state index in [1.54, 1.807) is 0 Å². The Kier molecular flexibility index (Phi) is 5.27. The Bertz CT molecular complexity index is 807. The van der Waals surface area contributed by atoms with E-state index in [4.69, 9.17) is 4.74 Å². The van der Waals surface area contributed by atoms with Crippen LogP contribution in [0.25, 0.3) is 11.1 Å². The van der Waals surface area contributed by atoms with Crippen molar-refractivity contribution in [2.24, 2.45) is 0 Å². The minimum atomic E-state index is 0.508. The number of hydrogen-bond acceptors (Lipinski definition) is 3. The van der Waals surface area contributed by atoms with E-state index in [-0.39, 0.29) is 0 Å². The van der Waals surface area contributed by atoms with Crippen molar-refractivity contribution in [1.29, 1.82) is 0 Å². The van der Waals surface area contributed by atoms with Gasteiger partial charge in [-0.3, -0.25) is 4.98 Å². The number of aromatic nitrogens is 1. The van der Waals surface area contributed by atoms with Gasteiger partial charge >= 0.3 is 0 Å². The van der Waals surface area contributed by atoms with E-state index >= 15 is 0 Å². The summed E-state index contributed by atoms with van der Waals surface area (Å²) < 4.78 is 5.89. The molecule has 0 bridgehead atoms. The SMILES string of the molecule is c1cc(-c2ccc(Cc3ccc(OC[C@H]4CCCN4)cc3)cc2)ccn1. The average molecular weight is 344 g/mol. The van der Waals surface area contributed by atoms with Crippen molar-refractivity contribution in [2.45, 2.75) is 25.3 Å². The van der Waals surface area contributed by atoms with Crippen LogP contribution in [0.15, 0.2) is 73.1 Å². The van der Waals surface area contributed by atoms with Gasteiger partial charge in [-0.05, 0) is 72.3 Å². The van der Waals surface area contributed by atoms with E-state index < -0.39 is 0 Å². The first-order chi connectivity index (χ1) is 12.9. The van der Waals surface area contributed by atoms with Crippen molar-refractivity contribution in [1.82, 2.24) is 10.3 Å². The molecule has 1 fully saturated rings. The molecule has 0 amide bonds. The second-order valence-electron chi connectivity index (χ2n) is 6.86. The molecular formula is C23H24N2O. The van der Waals surface area contributed by atoms with Crippen LogP contribution in [-0.2, 0) is 6.42 Å². The minimum Gasteiger partial charge on any atom is -0.492 e. The monoisotopic (exact) mass is 344 g/mol. The maximum atomic E-state index is 5.89. The van der Waals surface area contributed by atoms with E-state index in [9.17, 15) is 0 Å². The zero-order valence-corrected chi connectivity index (χ0v) is 14.9. The number of ether oxygens (including phenoxy) is 1. The van der Waals surface area contributed by atoms with Crippen molar-refractivity contribution < 1.29 is 4.74 Å². The lowest BCUT2D eigenvalue weighted by Gasteiger charge is -2.12. The zero-order chi connectivity index (χ0) is 17.6. The third kappa shape index (κ3) is 4.30. The summed E-state index contributed by atoms with van der Waals surface area (Å²) in [6.07, 6.45) is 7.06. The molecule has 2 heterocycles. The molecule has 3 heteroatoms. The van der Waals surface area contributed by atoms with Crippen molar-refractivity contribution in [3.63, 3.8) is 0 Å². The highest BCUT2D eigenvalue weighted by molar-refractivity contribution is 5.63. The fraction of sp³-hybridized carbons (Fsp3) is 0.261. The van der Waals surface area contributed by atoms with Gasteiger partial charge in [-0.25, -0.2) is 0 Å². The molecule has 3 aromatic rings. The molecule has 4 rings (SSSR count). The van der Waals surface area contributed by atoms with E-state index in [0.717, 1.165) is 25.3 Å².